The fourth-order valence-electron chi connectivity index (χ4n) is 2.85. The fraction of sp³-hybridized carbons (Fsp3) is 0.667. The summed E-state index contributed by atoms with van der Waals surface area (Å²) in [6, 6.07) is 2.28. The average Bonchev–Trinajstić information content (AvgIpc) is 2.29. The highest BCUT2D eigenvalue weighted by Crippen LogP contribution is 2.37. The number of allylic oxidation sites excluding steroid dienone is 3. The van der Waals surface area contributed by atoms with E-state index >= 15 is 0 Å². The standard InChI is InChI=1S/C15H23N/c1-4-13-8-5-6-9-15(13)14(12(2)3)10-7-11-16/h4,8,12,14-15H,1,5-7,9-10H2,2-3H3/t14-,15-/m1/s1. The van der Waals surface area contributed by atoms with Crippen molar-refractivity contribution in [2.24, 2.45) is 17.8 Å². The molecule has 1 nitrogen and oxygen atoms in total. The minimum Gasteiger partial charge on any atom is -0.198 e. The number of rotatable bonds is 5. The number of nitriles is 1. The number of nitrogens with zero attached hydrogens (tertiary/aromatic N) is 1. The van der Waals surface area contributed by atoms with Gasteiger partial charge in [0.05, 0.1) is 6.07 Å². The highest BCUT2D eigenvalue weighted by atomic mass is 14.3. The molecule has 88 valence electrons. The molecule has 0 heterocycles. The molecule has 1 rings (SSSR count). The molecule has 0 saturated carbocycles. The maximum atomic E-state index is 8.73. The minimum absolute atomic E-state index is 0.639. The van der Waals surface area contributed by atoms with Gasteiger partial charge in [-0.15, -0.1) is 0 Å². The minimum atomic E-state index is 0.639. The molecule has 0 N–H and O–H groups in total. The van der Waals surface area contributed by atoms with Gasteiger partial charge in [0.15, 0.2) is 0 Å². The van der Waals surface area contributed by atoms with E-state index in [0.29, 0.717) is 24.2 Å². The summed E-state index contributed by atoms with van der Waals surface area (Å²) in [5.41, 5.74) is 1.42. The summed E-state index contributed by atoms with van der Waals surface area (Å²) in [5.74, 6) is 1.93. The molecule has 0 saturated heterocycles. The smallest absolute Gasteiger partial charge is 0.0621 e. The van der Waals surface area contributed by atoms with Crippen molar-refractivity contribution < 1.29 is 0 Å². The van der Waals surface area contributed by atoms with E-state index in [1.165, 1.54) is 24.8 Å². The first kappa shape index (κ1) is 13.0. The van der Waals surface area contributed by atoms with Gasteiger partial charge in [0, 0.05) is 6.42 Å². The van der Waals surface area contributed by atoms with Crippen LogP contribution in [0.2, 0.25) is 0 Å². The highest BCUT2D eigenvalue weighted by Gasteiger charge is 2.27. The molecule has 0 aromatic carbocycles. The molecule has 16 heavy (non-hydrogen) atoms. The van der Waals surface area contributed by atoms with Crippen LogP contribution in [-0.2, 0) is 0 Å². The summed E-state index contributed by atoms with van der Waals surface area (Å²) in [7, 11) is 0. The van der Waals surface area contributed by atoms with Crippen LogP contribution < -0.4 is 0 Å². The van der Waals surface area contributed by atoms with Gasteiger partial charge in [0.1, 0.15) is 0 Å². The van der Waals surface area contributed by atoms with E-state index < -0.39 is 0 Å². The Labute approximate surface area is 99.9 Å². The lowest BCUT2D eigenvalue weighted by molar-refractivity contribution is 0.252. The van der Waals surface area contributed by atoms with Crippen molar-refractivity contribution >= 4 is 0 Å². The molecule has 0 spiro atoms. The molecule has 1 aliphatic carbocycles. The predicted molar refractivity (Wildman–Crippen MR) is 68.8 cm³/mol. The van der Waals surface area contributed by atoms with Crippen LogP contribution in [0.1, 0.15) is 46.0 Å². The van der Waals surface area contributed by atoms with Crippen molar-refractivity contribution in [2.75, 3.05) is 0 Å². The summed E-state index contributed by atoms with van der Waals surface area (Å²) in [6.07, 6.45) is 9.83. The van der Waals surface area contributed by atoms with Crippen molar-refractivity contribution in [3.05, 3.63) is 24.3 Å². The Bertz CT molecular complexity index is 293. The molecule has 0 bridgehead atoms. The van der Waals surface area contributed by atoms with Crippen molar-refractivity contribution in [2.45, 2.75) is 46.0 Å². The molecule has 0 unspecified atom stereocenters. The molecular weight excluding hydrogens is 194 g/mol. The second kappa shape index (κ2) is 6.53. The van der Waals surface area contributed by atoms with E-state index in [2.05, 4.69) is 32.6 Å². The van der Waals surface area contributed by atoms with Crippen molar-refractivity contribution in [3.8, 4) is 6.07 Å². The van der Waals surface area contributed by atoms with Crippen molar-refractivity contribution in [3.63, 3.8) is 0 Å². The second-order valence-electron chi connectivity index (χ2n) is 5.05. The molecule has 0 aliphatic heterocycles. The highest BCUT2D eigenvalue weighted by molar-refractivity contribution is 5.22. The first-order valence-corrected chi connectivity index (χ1v) is 6.40. The monoisotopic (exact) mass is 217 g/mol. The van der Waals surface area contributed by atoms with Crippen molar-refractivity contribution in [1.82, 2.24) is 0 Å². The van der Waals surface area contributed by atoms with Gasteiger partial charge in [-0.1, -0.05) is 32.6 Å². The van der Waals surface area contributed by atoms with Crippen LogP contribution in [0.15, 0.2) is 24.3 Å². The molecule has 2 atom stereocenters. The van der Waals surface area contributed by atoms with Crippen LogP contribution in [0, 0.1) is 29.1 Å². The van der Waals surface area contributed by atoms with Crippen LogP contribution in [0.4, 0.5) is 0 Å². The lowest BCUT2D eigenvalue weighted by Crippen LogP contribution is -2.23. The van der Waals surface area contributed by atoms with E-state index in [-0.39, 0.29) is 0 Å². The SMILES string of the molecule is C=CC1=CCCC[C@H]1[C@H](CCC#N)C(C)C. The van der Waals surface area contributed by atoms with Gasteiger partial charge in [-0.2, -0.15) is 5.26 Å². The predicted octanol–water partition coefficient (Wildman–Crippen LogP) is 4.47. The summed E-state index contributed by atoms with van der Waals surface area (Å²) >= 11 is 0. The van der Waals surface area contributed by atoms with E-state index in [9.17, 15) is 0 Å². The summed E-state index contributed by atoms with van der Waals surface area (Å²) in [4.78, 5) is 0. The van der Waals surface area contributed by atoms with Crippen LogP contribution in [-0.4, -0.2) is 0 Å². The molecule has 0 aromatic heterocycles. The third-order valence-electron chi connectivity index (χ3n) is 3.73. The zero-order valence-electron chi connectivity index (χ0n) is 10.6. The maximum absolute atomic E-state index is 8.73. The lowest BCUT2D eigenvalue weighted by Gasteiger charge is -2.33. The molecule has 0 aromatic rings. The normalized spacial score (nSPS) is 22.4. The third kappa shape index (κ3) is 3.23. The Hall–Kier alpha value is -1.03. The molecule has 1 aliphatic rings. The molecular formula is C15H23N. The van der Waals surface area contributed by atoms with Crippen LogP contribution in [0.3, 0.4) is 0 Å². The number of hydrogen-bond acceptors (Lipinski definition) is 1. The van der Waals surface area contributed by atoms with E-state index in [0.717, 1.165) is 6.42 Å². The van der Waals surface area contributed by atoms with Crippen LogP contribution in [0.5, 0.6) is 0 Å². The van der Waals surface area contributed by atoms with E-state index in [4.69, 9.17) is 5.26 Å². The molecule has 0 amide bonds. The Kier molecular flexibility index (Phi) is 5.32. The van der Waals surface area contributed by atoms with Gasteiger partial charge < -0.3 is 0 Å². The van der Waals surface area contributed by atoms with Crippen molar-refractivity contribution in [1.29, 1.82) is 5.26 Å². The largest absolute Gasteiger partial charge is 0.198 e. The number of hydrogen-bond donors (Lipinski definition) is 0. The van der Waals surface area contributed by atoms with Gasteiger partial charge in [-0.25, -0.2) is 0 Å². The van der Waals surface area contributed by atoms with Gasteiger partial charge in [0.2, 0.25) is 0 Å². The fourth-order valence-corrected chi connectivity index (χ4v) is 2.85. The Morgan fingerprint density at radius 2 is 2.38 bits per heavy atom. The maximum Gasteiger partial charge on any atom is 0.0621 e. The van der Waals surface area contributed by atoms with E-state index in [1.54, 1.807) is 0 Å². The Balaban J connectivity index is 2.76. The van der Waals surface area contributed by atoms with Gasteiger partial charge in [0.25, 0.3) is 0 Å². The van der Waals surface area contributed by atoms with Gasteiger partial charge >= 0.3 is 0 Å². The second-order valence-corrected chi connectivity index (χ2v) is 5.05. The molecule has 0 fully saturated rings. The average molecular weight is 217 g/mol. The summed E-state index contributed by atoms with van der Waals surface area (Å²) in [5, 5.41) is 8.73. The molecule has 0 radical (unpaired) electrons. The third-order valence-corrected chi connectivity index (χ3v) is 3.73. The zero-order chi connectivity index (χ0) is 12.0. The Morgan fingerprint density at radius 3 is 2.94 bits per heavy atom. The topological polar surface area (TPSA) is 23.8 Å². The van der Waals surface area contributed by atoms with Crippen LogP contribution >= 0.6 is 0 Å². The first-order chi connectivity index (χ1) is 7.70. The zero-order valence-corrected chi connectivity index (χ0v) is 10.6. The quantitative estimate of drug-likeness (QED) is 0.666. The first-order valence-electron chi connectivity index (χ1n) is 6.40. The lowest BCUT2D eigenvalue weighted by atomic mass is 9.72. The van der Waals surface area contributed by atoms with Gasteiger partial charge in [-0.05, 0) is 49.0 Å². The summed E-state index contributed by atoms with van der Waals surface area (Å²) < 4.78 is 0. The van der Waals surface area contributed by atoms with Crippen LogP contribution in [0.25, 0.3) is 0 Å². The molecule has 1 heteroatoms. The Morgan fingerprint density at radius 1 is 1.62 bits per heavy atom. The van der Waals surface area contributed by atoms with E-state index in [1.807, 2.05) is 6.08 Å². The summed E-state index contributed by atoms with van der Waals surface area (Å²) in [6.45, 7) is 8.47. The van der Waals surface area contributed by atoms with Gasteiger partial charge in [-0.3, -0.25) is 0 Å².